The van der Waals surface area contributed by atoms with Crippen molar-refractivity contribution in [2.24, 2.45) is 4.99 Å². The minimum Gasteiger partial charge on any atom is -0.453 e. The molecule has 0 saturated heterocycles. The molecule has 0 saturated carbocycles. The zero-order valence-electron chi connectivity index (χ0n) is 15.4. The Morgan fingerprint density at radius 1 is 0.690 bits per heavy atom. The summed E-state index contributed by atoms with van der Waals surface area (Å²) in [5, 5.41) is 5.69. The smallest absolute Gasteiger partial charge is 0.161 e. The summed E-state index contributed by atoms with van der Waals surface area (Å²) in [6.45, 7) is 0. The molecule has 0 amide bonds. The largest absolute Gasteiger partial charge is 0.453 e. The predicted octanol–water partition coefficient (Wildman–Crippen LogP) is 7.02. The highest BCUT2D eigenvalue weighted by atomic mass is 16.3. The summed E-state index contributed by atoms with van der Waals surface area (Å²) in [7, 11) is 0. The quantitative estimate of drug-likeness (QED) is 0.311. The molecule has 1 aliphatic rings. The highest BCUT2D eigenvalue weighted by molar-refractivity contribution is 6.23. The Bertz CT molecular complexity index is 1660. The van der Waals surface area contributed by atoms with Gasteiger partial charge >= 0.3 is 0 Å². The number of fused-ring (bicyclic) bond motifs is 5. The monoisotopic (exact) mass is 370 g/mol. The Balaban J connectivity index is 1.59. The van der Waals surface area contributed by atoms with Gasteiger partial charge in [-0.15, -0.1) is 0 Å². The second-order valence-electron chi connectivity index (χ2n) is 7.48. The van der Waals surface area contributed by atoms with E-state index in [-0.39, 0.29) is 0 Å². The third-order valence-electron chi connectivity index (χ3n) is 5.84. The summed E-state index contributed by atoms with van der Waals surface area (Å²) < 4.78 is 6.46. The molecule has 3 heteroatoms. The van der Waals surface area contributed by atoms with Gasteiger partial charge < -0.3 is 4.42 Å². The highest BCUT2D eigenvalue weighted by Gasteiger charge is 2.20. The van der Waals surface area contributed by atoms with E-state index in [0.717, 1.165) is 55.3 Å². The molecular weight excluding hydrogens is 356 g/mol. The second-order valence-corrected chi connectivity index (χ2v) is 7.48. The fourth-order valence-electron chi connectivity index (χ4n) is 4.49. The van der Waals surface area contributed by atoms with E-state index < -0.39 is 0 Å². The molecule has 1 aliphatic heterocycles. The molecule has 2 aromatic heterocycles. The van der Waals surface area contributed by atoms with Crippen LogP contribution in [0.15, 0.2) is 88.3 Å². The zero-order valence-corrected chi connectivity index (χ0v) is 15.4. The number of pyridine rings is 1. The normalized spacial score (nSPS) is 12.7. The molecule has 6 aromatic rings. The van der Waals surface area contributed by atoms with Gasteiger partial charge in [0, 0.05) is 38.9 Å². The van der Waals surface area contributed by atoms with Crippen molar-refractivity contribution in [3.05, 3.63) is 84.4 Å². The second kappa shape index (κ2) is 5.30. The van der Waals surface area contributed by atoms with E-state index in [1.165, 1.54) is 10.8 Å². The molecule has 3 nitrogen and oxygen atoms in total. The molecule has 4 aromatic carbocycles. The van der Waals surface area contributed by atoms with E-state index in [9.17, 15) is 0 Å². The SMILES string of the molecule is C1=Nc2c3oc4c(-c5ccc6ccccc6n5)cccc4c3cc3cccc1c23. The van der Waals surface area contributed by atoms with Crippen LogP contribution in [0.3, 0.4) is 0 Å². The summed E-state index contributed by atoms with van der Waals surface area (Å²) >= 11 is 0. The average Bonchev–Trinajstić information content (AvgIpc) is 3.37. The van der Waals surface area contributed by atoms with Crippen LogP contribution in [-0.2, 0) is 0 Å². The molecule has 0 aliphatic carbocycles. The molecule has 0 atom stereocenters. The molecule has 0 spiro atoms. The average molecular weight is 370 g/mol. The number of nitrogens with zero attached hydrogens (tertiary/aromatic N) is 2. The summed E-state index contributed by atoms with van der Waals surface area (Å²) in [4.78, 5) is 9.56. The third kappa shape index (κ3) is 1.96. The van der Waals surface area contributed by atoms with Gasteiger partial charge in [-0.1, -0.05) is 54.6 Å². The van der Waals surface area contributed by atoms with Gasteiger partial charge in [-0.2, -0.15) is 0 Å². The van der Waals surface area contributed by atoms with Crippen LogP contribution in [0.1, 0.15) is 5.56 Å². The first kappa shape index (κ1) is 15.0. The Morgan fingerprint density at radius 3 is 2.59 bits per heavy atom. The van der Waals surface area contributed by atoms with Crippen molar-refractivity contribution in [1.29, 1.82) is 0 Å². The lowest BCUT2D eigenvalue weighted by molar-refractivity contribution is 0.671. The van der Waals surface area contributed by atoms with E-state index in [1.807, 2.05) is 24.4 Å². The van der Waals surface area contributed by atoms with Crippen molar-refractivity contribution in [3.8, 4) is 11.3 Å². The topological polar surface area (TPSA) is 38.4 Å². The summed E-state index contributed by atoms with van der Waals surface area (Å²) in [5.41, 5.74) is 6.69. The molecule has 0 unspecified atom stereocenters. The van der Waals surface area contributed by atoms with Crippen LogP contribution in [0, 0.1) is 0 Å². The number of hydrogen-bond donors (Lipinski definition) is 0. The Kier molecular flexibility index (Phi) is 2.74. The summed E-state index contributed by atoms with van der Waals surface area (Å²) in [6, 6.07) is 27.2. The van der Waals surface area contributed by atoms with Crippen molar-refractivity contribution in [2.45, 2.75) is 0 Å². The maximum absolute atomic E-state index is 6.46. The van der Waals surface area contributed by atoms with Crippen molar-refractivity contribution in [2.75, 3.05) is 0 Å². The number of rotatable bonds is 1. The minimum atomic E-state index is 0.849. The van der Waals surface area contributed by atoms with Crippen molar-refractivity contribution in [1.82, 2.24) is 4.98 Å². The third-order valence-corrected chi connectivity index (χ3v) is 5.84. The Morgan fingerprint density at radius 2 is 1.59 bits per heavy atom. The summed E-state index contributed by atoms with van der Waals surface area (Å²) in [5.74, 6) is 0. The van der Waals surface area contributed by atoms with E-state index in [2.05, 4.69) is 65.7 Å². The lowest BCUT2D eigenvalue weighted by Crippen LogP contribution is -1.85. The minimum absolute atomic E-state index is 0.849. The van der Waals surface area contributed by atoms with Gasteiger partial charge in [0.1, 0.15) is 11.3 Å². The van der Waals surface area contributed by atoms with Gasteiger partial charge in [0.2, 0.25) is 0 Å². The number of aliphatic imine (C=N–C) groups is 1. The molecule has 7 rings (SSSR count). The van der Waals surface area contributed by atoms with Crippen molar-refractivity contribution in [3.63, 3.8) is 0 Å². The molecular formula is C26H14N2O. The maximum atomic E-state index is 6.46. The molecule has 0 N–H and O–H groups in total. The van der Waals surface area contributed by atoms with E-state index in [4.69, 9.17) is 9.40 Å². The van der Waals surface area contributed by atoms with Gasteiger partial charge in [0.05, 0.1) is 11.2 Å². The van der Waals surface area contributed by atoms with Crippen LogP contribution in [0.4, 0.5) is 5.69 Å². The zero-order chi connectivity index (χ0) is 18.9. The Labute approximate surface area is 165 Å². The van der Waals surface area contributed by atoms with Crippen LogP contribution in [0.5, 0.6) is 0 Å². The molecule has 0 fully saturated rings. The molecule has 0 bridgehead atoms. The fraction of sp³-hybridized carbons (Fsp3) is 0. The highest BCUT2D eigenvalue weighted by Crippen LogP contribution is 2.45. The van der Waals surface area contributed by atoms with E-state index in [1.54, 1.807) is 0 Å². The van der Waals surface area contributed by atoms with Crippen molar-refractivity contribution < 1.29 is 4.42 Å². The fourth-order valence-corrected chi connectivity index (χ4v) is 4.49. The molecule has 29 heavy (non-hydrogen) atoms. The van der Waals surface area contributed by atoms with E-state index >= 15 is 0 Å². The van der Waals surface area contributed by atoms with Gasteiger partial charge in [-0.25, -0.2) is 4.98 Å². The number of para-hydroxylation sites is 2. The van der Waals surface area contributed by atoms with Gasteiger partial charge in [-0.3, -0.25) is 4.99 Å². The first-order valence-electron chi connectivity index (χ1n) is 9.68. The first-order chi connectivity index (χ1) is 14.4. The van der Waals surface area contributed by atoms with Crippen LogP contribution in [0.25, 0.3) is 54.9 Å². The number of hydrogen-bond acceptors (Lipinski definition) is 3. The lowest BCUT2D eigenvalue weighted by atomic mass is 10.0. The van der Waals surface area contributed by atoms with Gasteiger partial charge in [0.15, 0.2) is 5.58 Å². The standard InChI is InChI=1S/C26H14N2O/c1-2-10-21-15(5-1)11-12-22(28-21)19-9-4-8-18-20-13-16-6-3-7-17-14-27-24(23(16)17)26(20)29-25(18)19/h1-14H. The maximum Gasteiger partial charge on any atom is 0.161 e. The molecule has 3 heterocycles. The van der Waals surface area contributed by atoms with Gasteiger partial charge in [0.25, 0.3) is 0 Å². The predicted molar refractivity (Wildman–Crippen MR) is 119 cm³/mol. The van der Waals surface area contributed by atoms with Crippen molar-refractivity contribution >= 4 is 55.5 Å². The van der Waals surface area contributed by atoms with Crippen LogP contribution in [0.2, 0.25) is 0 Å². The first-order valence-corrected chi connectivity index (χ1v) is 9.68. The number of aromatic nitrogens is 1. The van der Waals surface area contributed by atoms with Crippen LogP contribution < -0.4 is 0 Å². The number of benzene rings is 4. The Hall–Kier alpha value is -3.98. The van der Waals surface area contributed by atoms with Crippen LogP contribution in [-0.4, -0.2) is 11.2 Å². The van der Waals surface area contributed by atoms with Crippen LogP contribution >= 0.6 is 0 Å². The van der Waals surface area contributed by atoms with E-state index in [0.29, 0.717) is 0 Å². The molecule has 0 radical (unpaired) electrons. The summed E-state index contributed by atoms with van der Waals surface area (Å²) in [6.07, 6.45) is 1.93. The van der Waals surface area contributed by atoms with Gasteiger partial charge in [-0.05, 0) is 29.7 Å². The molecule has 134 valence electrons. The number of furan rings is 1. The lowest BCUT2D eigenvalue weighted by Gasteiger charge is -2.04.